The van der Waals surface area contributed by atoms with Crippen LogP contribution in [0.1, 0.15) is 24.5 Å². The van der Waals surface area contributed by atoms with Crippen molar-refractivity contribution >= 4 is 0 Å². The lowest BCUT2D eigenvalue weighted by molar-refractivity contribution is 0.109. The van der Waals surface area contributed by atoms with Crippen LogP contribution < -0.4 is 5.32 Å². The third-order valence-corrected chi connectivity index (χ3v) is 2.34. The zero-order chi connectivity index (χ0) is 9.80. The molecule has 1 atom stereocenters. The van der Waals surface area contributed by atoms with Gasteiger partial charge in [-0.25, -0.2) is 4.98 Å². The quantitative estimate of drug-likeness (QED) is 0.787. The van der Waals surface area contributed by atoms with Gasteiger partial charge in [-0.3, -0.25) is 0 Å². The topological polar surface area (TPSA) is 47.3 Å². The fraction of sp³-hybridized carbons (Fsp3) is 0.700. The van der Waals surface area contributed by atoms with Crippen LogP contribution in [0.2, 0.25) is 0 Å². The second-order valence-corrected chi connectivity index (χ2v) is 3.63. The van der Waals surface area contributed by atoms with E-state index in [9.17, 15) is 0 Å². The highest BCUT2D eigenvalue weighted by atomic mass is 16.5. The lowest BCUT2D eigenvalue weighted by Gasteiger charge is -2.08. The normalized spacial score (nSPS) is 21.6. The number of aryl methyl sites for hydroxylation is 1. The molecule has 0 amide bonds. The number of nitrogens with one attached hydrogen (secondary N) is 1. The summed E-state index contributed by atoms with van der Waals surface area (Å²) in [5.41, 5.74) is 0. The van der Waals surface area contributed by atoms with Gasteiger partial charge in [0.1, 0.15) is 5.76 Å². The Morgan fingerprint density at radius 2 is 2.57 bits per heavy atom. The predicted octanol–water partition coefficient (Wildman–Crippen LogP) is 1.25. The van der Waals surface area contributed by atoms with Gasteiger partial charge >= 0.3 is 0 Å². The fourth-order valence-corrected chi connectivity index (χ4v) is 1.63. The first-order valence-corrected chi connectivity index (χ1v) is 5.08. The van der Waals surface area contributed by atoms with Crippen LogP contribution in [0.25, 0.3) is 0 Å². The first-order chi connectivity index (χ1) is 6.84. The molecule has 0 aliphatic carbocycles. The van der Waals surface area contributed by atoms with Gasteiger partial charge in [-0.15, -0.1) is 0 Å². The SMILES string of the molecule is Cc1cnc(CNCC2CCCO2)o1. The first-order valence-electron chi connectivity index (χ1n) is 5.08. The molecule has 1 aliphatic heterocycles. The molecule has 14 heavy (non-hydrogen) atoms. The van der Waals surface area contributed by atoms with E-state index in [1.165, 1.54) is 6.42 Å². The van der Waals surface area contributed by atoms with E-state index >= 15 is 0 Å². The van der Waals surface area contributed by atoms with E-state index < -0.39 is 0 Å². The van der Waals surface area contributed by atoms with Crippen molar-refractivity contribution < 1.29 is 9.15 Å². The van der Waals surface area contributed by atoms with Crippen LogP contribution in [0.3, 0.4) is 0 Å². The van der Waals surface area contributed by atoms with Crippen LogP contribution in [0.5, 0.6) is 0 Å². The van der Waals surface area contributed by atoms with Crippen molar-refractivity contribution in [1.82, 2.24) is 10.3 Å². The molecule has 2 rings (SSSR count). The van der Waals surface area contributed by atoms with Crippen LogP contribution in [0.4, 0.5) is 0 Å². The van der Waals surface area contributed by atoms with Crippen molar-refractivity contribution in [2.24, 2.45) is 0 Å². The predicted molar refractivity (Wildman–Crippen MR) is 51.9 cm³/mol. The molecule has 1 aliphatic rings. The van der Waals surface area contributed by atoms with Crippen LogP contribution in [0.15, 0.2) is 10.6 Å². The minimum absolute atomic E-state index is 0.381. The molecular formula is C10H16N2O2. The second kappa shape index (κ2) is 4.57. The zero-order valence-electron chi connectivity index (χ0n) is 8.45. The van der Waals surface area contributed by atoms with E-state index in [2.05, 4.69) is 10.3 Å². The summed E-state index contributed by atoms with van der Waals surface area (Å²) >= 11 is 0. The summed E-state index contributed by atoms with van der Waals surface area (Å²) < 4.78 is 10.8. The Morgan fingerprint density at radius 1 is 1.64 bits per heavy atom. The summed E-state index contributed by atoms with van der Waals surface area (Å²) in [4.78, 5) is 4.11. The number of ether oxygens (including phenoxy) is 1. The van der Waals surface area contributed by atoms with Gasteiger partial charge in [0.05, 0.1) is 18.8 Å². The summed E-state index contributed by atoms with van der Waals surface area (Å²) in [5, 5.41) is 3.28. The van der Waals surface area contributed by atoms with Gasteiger partial charge in [-0.2, -0.15) is 0 Å². The molecule has 1 aromatic rings. The Bertz CT molecular complexity index is 279. The Balaban J connectivity index is 1.67. The number of oxazole rings is 1. The zero-order valence-corrected chi connectivity index (χ0v) is 8.45. The molecule has 4 nitrogen and oxygen atoms in total. The molecule has 1 fully saturated rings. The molecule has 1 N–H and O–H groups in total. The van der Waals surface area contributed by atoms with Crippen LogP contribution >= 0.6 is 0 Å². The van der Waals surface area contributed by atoms with Crippen molar-refractivity contribution in [3.63, 3.8) is 0 Å². The molecule has 4 heteroatoms. The summed E-state index contributed by atoms with van der Waals surface area (Å²) in [7, 11) is 0. The number of hydrogen-bond acceptors (Lipinski definition) is 4. The van der Waals surface area contributed by atoms with Crippen LogP contribution in [0, 0.1) is 6.92 Å². The minimum atomic E-state index is 0.381. The maximum Gasteiger partial charge on any atom is 0.208 e. The number of hydrogen-bond donors (Lipinski definition) is 1. The Morgan fingerprint density at radius 3 is 3.21 bits per heavy atom. The third-order valence-electron chi connectivity index (χ3n) is 2.34. The summed E-state index contributed by atoms with van der Waals surface area (Å²) in [6, 6.07) is 0. The van der Waals surface area contributed by atoms with Gasteiger partial charge in [-0.1, -0.05) is 0 Å². The summed E-state index contributed by atoms with van der Waals surface area (Å²) in [6.45, 7) is 4.39. The van der Waals surface area contributed by atoms with Gasteiger partial charge < -0.3 is 14.5 Å². The maximum absolute atomic E-state index is 5.48. The largest absolute Gasteiger partial charge is 0.445 e. The smallest absolute Gasteiger partial charge is 0.208 e. The molecule has 0 bridgehead atoms. The summed E-state index contributed by atoms with van der Waals surface area (Å²) in [5.74, 6) is 1.61. The highest BCUT2D eigenvalue weighted by Gasteiger charge is 2.14. The fourth-order valence-electron chi connectivity index (χ4n) is 1.63. The highest BCUT2D eigenvalue weighted by Crippen LogP contribution is 2.10. The average molecular weight is 196 g/mol. The number of rotatable bonds is 4. The highest BCUT2D eigenvalue weighted by molar-refractivity contribution is 4.90. The molecule has 78 valence electrons. The standard InChI is InChI=1S/C10H16N2O2/c1-8-5-12-10(14-8)7-11-6-9-3-2-4-13-9/h5,9,11H,2-4,6-7H2,1H3. The van der Waals surface area contributed by atoms with Crippen LogP contribution in [-0.4, -0.2) is 24.2 Å². The van der Waals surface area contributed by atoms with Crippen molar-refractivity contribution in [3.8, 4) is 0 Å². The van der Waals surface area contributed by atoms with Crippen molar-refractivity contribution in [3.05, 3.63) is 17.8 Å². The van der Waals surface area contributed by atoms with Crippen molar-refractivity contribution in [2.75, 3.05) is 13.2 Å². The lowest BCUT2D eigenvalue weighted by Crippen LogP contribution is -2.25. The molecule has 1 saturated heterocycles. The van der Waals surface area contributed by atoms with Gasteiger partial charge in [0.2, 0.25) is 5.89 Å². The van der Waals surface area contributed by atoms with Crippen LogP contribution in [-0.2, 0) is 11.3 Å². The first kappa shape index (κ1) is 9.68. The van der Waals surface area contributed by atoms with Crippen molar-refractivity contribution in [1.29, 1.82) is 0 Å². The average Bonchev–Trinajstić information content (AvgIpc) is 2.77. The molecule has 0 aromatic carbocycles. The second-order valence-electron chi connectivity index (χ2n) is 3.63. The van der Waals surface area contributed by atoms with Gasteiger partial charge in [0.15, 0.2) is 0 Å². The van der Waals surface area contributed by atoms with Gasteiger partial charge in [0.25, 0.3) is 0 Å². The number of aromatic nitrogens is 1. The van der Waals surface area contributed by atoms with E-state index in [0.29, 0.717) is 12.6 Å². The Kier molecular flexibility index (Phi) is 3.16. The minimum Gasteiger partial charge on any atom is -0.445 e. The molecule has 1 aromatic heterocycles. The summed E-state index contributed by atoms with van der Waals surface area (Å²) in [6.07, 6.45) is 4.47. The van der Waals surface area contributed by atoms with E-state index in [4.69, 9.17) is 9.15 Å². The molecule has 2 heterocycles. The lowest BCUT2D eigenvalue weighted by atomic mass is 10.2. The van der Waals surface area contributed by atoms with E-state index in [1.807, 2.05) is 6.92 Å². The molecule has 1 unspecified atom stereocenters. The van der Waals surface area contributed by atoms with E-state index in [-0.39, 0.29) is 0 Å². The molecule has 0 spiro atoms. The number of nitrogens with zero attached hydrogens (tertiary/aromatic N) is 1. The molecule has 0 saturated carbocycles. The molecule has 0 radical (unpaired) electrons. The van der Waals surface area contributed by atoms with E-state index in [0.717, 1.165) is 31.2 Å². The van der Waals surface area contributed by atoms with E-state index in [1.54, 1.807) is 6.20 Å². The third kappa shape index (κ3) is 2.56. The van der Waals surface area contributed by atoms with Gasteiger partial charge in [-0.05, 0) is 19.8 Å². The Labute approximate surface area is 83.7 Å². The van der Waals surface area contributed by atoms with Gasteiger partial charge in [0, 0.05) is 13.2 Å². The Hall–Kier alpha value is -0.870. The monoisotopic (exact) mass is 196 g/mol. The van der Waals surface area contributed by atoms with Crippen molar-refractivity contribution in [2.45, 2.75) is 32.4 Å². The molecular weight excluding hydrogens is 180 g/mol. The maximum atomic E-state index is 5.48.